The molecule has 0 saturated carbocycles. The van der Waals surface area contributed by atoms with Crippen LogP contribution in [0.2, 0.25) is 0 Å². The molecule has 7 nitrogen and oxygen atoms in total. The lowest BCUT2D eigenvalue weighted by molar-refractivity contribution is -0.134. The maximum atomic E-state index is 12.4. The molecule has 1 aliphatic rings. The van der Waals surface area contributed by atoms with Gasteiger partial charge in [0.25, 0.3) is 11.8 Å². The molecule has 3 heterocycles. The van der Waals surface area contributed by atoms with E-state index in [0.29, 0.717) is 30.4 Å². The predicted molar refractivity (Wildman–Crippen MR) is 99.8 cm³/mol. The van der Waals surface area contributed by atoms with Crippen molar-refractivity contribution in [3.05, 3.63) is 65.1 Å². The quantitative estimate of drug-likeness (QED) is 0.732. The number of hydrogen-bond acceptors (Lipinski definition) is 6. The molecule has 1 aromatic carbocycles. The van der Waals surface area contributed by atoms with Crippen molar-refractivity contribution in [2.75, 3.05) is 18.5 Å². The minimum atomic E-state index is -0.338. The van der Waals surface area contributed by atoms with Crippen LogP contribution < -0.4 is 10.1 Å². The highest BCUT2D eigenvalue weighted by molar-refractivity contribution is 7.15. The number of nitrogens with zero attached hydrogens (tertiary/aromatic N) is 2. The second kappa shape index (κ2) is 7.63. The fourth-order valence-corrected chi connectivity index (χ4v) is 3.80. The van der Waals surface area contributed by atoms with Gasteiger partial charge >= 0.3 is 0 Å². The Balaban J connectivity index is 1.36. The minimum absolute atomic E-state index is 0.000235. The van der Waals surface area contributed by atoms with Crippen LogP contribution in [0.25, 0.3) is 0 Å². The van der Waals surface area contributed by atoms with Gasteiger partial charge < -0.3 is 14.1 Å². The van der Waals surface area contributed by atoms with E-state index in [9.17, 15) is 9.59 Å². The number of benzene rings is 1. The van der Waals surface area contributed by atoms with E-state index in [4.69, 9.17) is 9.15 Å². The van der Waals surface area contributed by atoms with Gasteiger partial charge in [0.1, 0.15) is 5.75 Å². The van der Waals surface area contributed by atoms with Gasteiger partial charge in [-0.15, -0.1) is 0 Å². The molecule has 1 N–H and O–H groups in total. The van der Waals surface area contributed by atoms with Gasteiger partial charge in [0.2, 0.25) is 0 Å². The summed E-state index contributed by atoms with van der Waals surface area (Å²) < 4.78 is 10.6. The fraction of sp³-hybridized carbons (Fsp3) is 0.211. The number of carbonyl (C=O) groups is 2. The summed E-state index contributed by atoms with van der Waals surface area (Å²) in [5.41, 5.74) is 0.919. The van der Waals surface area contributed by atoms with E-state index in [2.05, 4.69) is 10.3 Å². The van der Waals surface area contributed by atoms with E-state index in [1.165, 1.54) is 17.6 Å². The van der Waals surface area contributed by atoms with E-state index in [1.54, 1.807) is 17.0 Å². The molecule has 0 spiro atoms. The fourth-order valence-electron chi connectivity index (χ4n) is 2.78. The Morgan fingerprint density at radius 2 is 2.07 bits per heavy atom. The summed E-state index contributed by atoms with van der Waals surface area (Å²) in [6.07, 6.45) is 2.10. The van der Waals surface area contributed by atoms with Gasteiger partial charge in [-0.05, 0) is 24.3 Å². The van der Waals surface area contributed by atoms with Gasteiger partial charge in [-0.3, -0.25) is 14.9 Å². The van der Waals surface area contributed by atoms with Crippen molar-refractivity contribution in [2.24, 2.45) is 0 Å². The van der Waals surface area contributed by atoms with E-state index >= 15 is 0 Å². The zero-order valence-corrected chi connectivity index (χ0v) is 15.2. The van der Waals surface area contributed by atoms with Crippen LogP contribution in [0, 0.1) is 0 Å². The molecule has 0 radical (unpaired) electrons. The first kappa shape index (κ1) is 17.3. The van der Waals surface area contributed by atoms with Crippen molar-refractivity contribution in [2.45, 2.75) is 13.0 Å². The number of carbonyl (C=O) groups excluding carboxylic acids is 2. The summed E-state index contributed by atoms with van der Waals surface area (Å²) >= 11 is 1.38. The maximum absolute atomic E-state index is 12.4. The highest BCUT2D eigenvalue weighted by Crippen LogP contribution is 2.28. The second-order valence-electron chi connectivity index (χ2n) is 5.99. The van der Waals surface area contributed by atoms with Crippen LogP contribution in [0.4, 0.5) is 5.13 Å². The summed E-state index contributed by atoms with van der Waals surface area (Å²) in [5.74, 6) is 0.497. The number of rotatable bonds is 5. The molecular formula is C19H17N3O4S. The zero-order chi connectivity index (χ0) is 18.6. The van der Waals surface area contributed by atoms with Gasteiger partial charge in [0.15, 0.2) is 17.5 Å². The lowest BCUT2D eigenvalue weighted by Gasteiger charge is -2.26. The lowest BCUT2D eigenvalue weighted by Crippen LogP contribution is -2.38. The van der Waals surface area contributed by atoms with Gasteiger partial charge in [-0.2, -0.15) is 0 Å². The number of anilines is 1. The summed E-state index contributed by atoms with van der Waals surface area (Å²) in [6.45, 7) is 1.06. The minimum Gasteiger partial charge on any atom is -0.484 e. The number of fused-ring (bicyclic) bond motifs is 1. The molecule has 0 bridgehead atoms. The summed E-state index contributed by atoms with van der Waals surface area (Å²) in [7, 11) is 0. The van der Waals surface area contributed by atoms with Crippen molar-refractivity contribution < 1.29 is 18.7 Å². The van der Waals surface area contributed by atoms with Crippen LogP contribution in [0.5, 0.6) is 5.75 Å². The molecule has 4 rings (SSSR count). The average molecular weight is 383 g/mol. The average Bonchev–Trinajstić information content (AvgIpc) is 3.35. The standard InChI is InChI=1S/C19H17N3O4S/c23-17(12-26-13-5-2-1-3-6-13)22-9-8-14-16(11-22)27-19(20-14)21-18(24)15-7-4-10-25-15/h1-7,10H,8-9,11-12H2,(H,20,21,24). The number of aromatic nitrogens is 1. The monoisotopic (exact) mass is 383 g/mol. The van der Waals surface area contributed by atoms with Crippen molar-refractivity contribution >= 4 is 28.3 Å². The highest BCUT2D eigenvalue weighted by atomic mass is 32.1. The molecule has 0 saturated heterocycles. The summed E-state index contributed by atoms with van der Waals surface area (Å²) in [5, 5.41) is 3.25. The van der Waals surface area contributed by atoms with Crippen molar-refractivity contribution in [1.29, 1.82) is 0 Å². The van der Waals surface area contributed by atoms with Crippen LogP contribution in [-0.4, -0.2) is 34.8 Å². The topological polar surface area (TPSA) is 84.7 Å². The van der Waals surface area contributed by atoms with Crippen LogP contribution in [0.3, 0.4) is 0 Å². The third-order valence-electron chi connectivity index (χ3n) is 4.15. The Kier molecular flexibility index (Phi) is 4.88. The van der Waals surface area contributed by atoms with Gasteiger partial charge in [-0.1, -0.05) is 29.5 Å². The molecule has 2 aromatic heterocycles. The smallest absolute Gasteiger partial charge is 0.293 e. The Morgan fingerprint density at radius 1 is 1.22 bits per heavy atom. The molecule has 138 valence electrons. The molecule has 1 aliphatic heterocycles. The maximum Gasteiger partial charge on any atom is 0.293 e. The summed E-state index contributed by atoms with van der Waals surface area (Å²) in [4.78, 5) is 31.7. The number of nitrogens with one attached hydrogen (secondary N) is 1. The summed E-state index contributed by atoms with van der Waals surface area (Å²) in [6, 6.07) is 12.5. The molecule has 27 heavy (non-hydrogen) atoms. The van der Waals surface area contributed by atoms with Gasteiger partial charge in [-0.25, -0.2) is 4.98 Å². The van der Waals surface area contributed by atoms with Gasteiger partial charge in [0.05, 0.1) is 18.5 Å². The molecule has 3 aromatic rings. The molecular weight excluding hydrogens is 366 g/mol. The molecule has 0 unspecified atom stereocenters. The molecule has 8 heteroatoms. The molecule has 0 atom stereocenters. The highest BCUT2D eigenvalue weighted by Gasteiger charge is 2.25. The normalized spacial score (nSPS) is 13.1. The molecule has 2 amide bonds. The number of furan rings is 1. The van der Waals surface area contributed by atoms with E-state index in [1.807, 2.05) is 30.3 Å². The number of hydrogen-bond donors (Lipinski definition) is 1. The van der Waals surface area contributed by atoms with E-state index in [-0.39, 0.29) is 24.2 Å². The Morgan fingerprint density at radius 3 is 2.85 bits per heavy atom. The number of para-hydroxylation sites is 1. The largest absolute Gasteiger partial charge is 0.484 e. The lowest BCUT2D eigenvalue weighted by atomic mass is 10.2. The number of amides is 2. The first-order valence-electron chi connectivity index (χ1n) is 8.48. The molecule has 0 aliphatic carbocycles. The first-order chi connectivity index (χ1) is 13.2. The number of ether oxygens (including phenoxy) is 1. The van der Waals surface area contributed by atoms with Crippen LogP contribution in [0.15, 0.2) is 53.1 Å². The third kappa shape index (κ3) is 4.01. The molecule has 0 fully saturated rings. The van der Waals surface area contributed by atoms with Crippen molar-refractivity contribution in [3.63, 3.8) is 0 Å². The first-order valence-corrected chi connectivity index (χ1v) is 9.30. The zero-order valence-electron chi connectivity index (χ0n) is 14.4. The Hall–Kier alpha value is -3.13. The Labute approximate surface area is 159 Å². The van der Waals surface area contributed by atoms with Crippen LogP contribution >= 0.6 is 11.3 Å². The SMILES string of the molecule is O=C(Nc1nc2c(s1)CN(C(=O)COc1ccccc1)CC2)c1ccco1. The van der Waals surface area contributed by atoms with E-state index in [0.717, 1.165) is 10.6 Å². The van der Waals surface area contributed by atoms with Crippen molar-refractivity contribution in [3.8, 4) is 5.75 Å². The van der Waals surface area contributed by atoms with Crippen LogP contribution in [-0.2, 0) is 17.8 Å². The van der Waals surface area contributed by atoms with Crippen molar-refractivity contribution in [1.82, 2.24) is 9.88 Å². The number of thiazole rings is 1. The predicted octanol–water partition coefficient (Wildman–Crippen LogP) is 2.95. The van der Waals surface area contributed by atoms with E-state index < -0.39 is 0 Å². The Bertz CT molecular complexity index is 937. The third-order valence-corrected chi connectivity index (χ3v) is 5.15. The van der Waals surface area contributed by atoms with Crippen LogP contribution in [0.1, 0.15) is 21.1 Å². The second-order valence-corrected chi connectivity index (χ2v) is 7.07. The van der Waals surface area contributed by atoms with Gasteiger partial charge in [0, 0.05) is 17.8 Å².